The third kappa shape index (κ3) is 6.54. The molecule has 2 aliphatic heterocycles. The number of hydrogen-bond acceptors (Lipinski definition) is 5. The van der Waals surface area contributed by atoms with E-state index in [0.717, 1.165) is 53.9 Å². The van der Waals surface area contributed by atoms with Gasteiger partial charge in [-0.25, -0.2) is 0 Å². The largest absolute Gasteiger partial charge is 0.491 e. The smallest absolute Gasteiger partial charge is 0.251 e. The van der Waals surface area contributed by atoms with Crippen molar-refractivity contribution < 1.29 is 14.3 Å². The molecule has 1 fully saturated rings. The summed E-state index contributed by atoms with van der Waals surface area (Å²) in [6.07, 6.45) is 7.73. The topological polar surface area (TPSA) is 74.8 Å². The van der Waals surface area contributed by atoms with Crippen molar-refractivity contribution >= 4 is 11.8 Å². The Morgan fingerprint density at radius 2 is 1.73 bits per heavy atom. The zero-order valence-corrected chi connectivity index (χ0v) is 21.2. The lowest BCUT2D eigenvalue weighted by molar-refractivity contribution is -0.133. The summed E-state index contributed by atoms with van der Waals surface area (Å²) in [6, 6.07) is 17.9. The molecule has 1 N–H and O–H groups in total. The lowest BCUT2D eigenvalue weighted by Crippen LogP contribution is -2.46. The molecule has 2 bridgehead atoms. The number of pyridine rings is 1. The van der Waals surface area contributed by atoms with Crippen LogP contribution in [0.4, 0.5) is 0 Å². The average Bonchev–Trinajstić information content (AvgIpc) is 2.93. The van der Waals surface area contributed by atoms with E-state index < -0.39 is 0 Å². The maximum absolute atomic E-state index is 13.2. The first-order chi connectivity index (χ1) is 18.2. The summed E-state index contributed by atoms with van der Waals surface area (Å²) in [4.78, 5) is 34.2. The van der Waals surface area contributed by atoms with Gasteiger partial charge in [0.15, 0.2) is 0 Å². The van der Waals surface area contributed by atoms with Gasteiger partial charge in [-0.1, -0.05) is 24.6 Å². The minimum Gasteiger partial charge on any atom is -0.491 e. The van der Waals surface area contributed by atoms with E-state index in [1.54, 1.807) is 12.4 Å². The fourth-order valence-electron chi connectivity index (χ4n) is 5.07. The van der Waals surface area contributed by atoms with E-state index in [-0.39, 0.29) is 11.8 Å². The van der Waals surface area contributed by atoms with Crippen molar-refractivity contribution in [1.29, 1.82) is 0 Å². The molecule has 0 unspecified atom stereocenters. The number of carbonyl (C=O) groups excluding carboxylic acids is 2. The third-order valence-corrected chi connectivity index (χ3v) is 7.10. The van der Waals surface area contributed by atoms with Gasteiger partial charge in [0.2, 0.25) is 5.91 Å². The molecule has 2 aromatic carbocycles. The Hall–Kier alpha value is -3.71. The molecule has 2 amide bonds. The highest BCUT2D eigenvalue weighted by atomic mass is 16.5. The van der Waals surface area contributed by atoms with Crippen LogP contribution in [0.5, 0.6) is 5.75 Å². The van der Waals surface area contributed by atoms with Gasteiger partial charge in [-0.15, -0.1) is 0 Å². The van der Waals surface area contributed by atoms with Crippen molar-refractivity contribution in [3.05, 3.63) is 83.7 Å². The number of carbonyl (C=O) groups is 2. The van der Waals surface area contributed by atoms with Crippen LogP contribution in [0.1, 0.15) is 40.7 Å². The molecule has 0 saturated carbocycles. The summed E-state index contributed by atoms with van der Waals surface area (Å²) in [6.45, 7) is 4.07. The van der Waals surface area contributed by atoms with Crippen LogP contribution in [0.25, 0.3) is 11.1 Å². The normalized spacial score (nSPS) is 17.2. The maximum Gasteiger partial charge on any atom is 0.251 e. The van der Waals surface area contributed by atoms with E-state index in [1.807, 2.05) is 47.4 Å². The van der Waals surface area contributed by atoms with E-state index in [9.17, 15) is 9.59 Å². The summed E-state index contributed by atoms with van der Waals surface area (Å²) in [5.74, 6) is 0.764. The number of fused-ring (bicyclic) bond motifs is 3. The summed E-state index contributed by atoms with van der Waals surface area (Å²) < 4.78 is 6.28. The maximum atomic E-state index is 13.2. The molecule has 192 valence electrons. The van der Waals surface area contributed by atoms with E-state index in [1.165, 1.54) is 6.42 Å². The van der Waals surface area contributed by atoms with Crippen LogP contribution < -0.4 is 10.1 Å². The Morgan fingerprint density at radius 3 is 2.57 bits per heavy atom. The van der Waals surface area contributed by atoms with Gasteiger partial charge < -0.3 is 15.0 Å². The monoisotopic (exact) mass is 498 g/mol. The first-order valence-corrected chi connectivity index (χ1v) is 13.2. The quantitative estimate of drug-likeness (QED) is 0.595. The molecule has 3 aromatic rings. The van der Waals surface area contributed by atoms with E-state index in [0.29, 0.717) is 44.8 Å². The lowest BCUT2D eigenvalue weighted by atomic mass is 9.97. The number of hydrogen-bond donors (Lipinski definition) is 1. The minimum atomic E-state index is -0.121. The SMILES string of the molecule is O=C1NCCN(C(=O)CN2CCCCC2)CCOc2ccc(-c3ccncc3)cc2Cc2cccc1c2. The van der Waals surface area contributed by atoms with Crippen molar-refractivity contribution in [2.75, 3.05) is 45.9 Å². The van der Waals surface area contributed by atoms with Crippen molar-refractivity contribution in [3.8, 4) is 16.9 Å². The van der Waals surface area contributed by atoms with Crippen LogP contribution in [-0.2, 0) is 11.2 Å². The average molecular weight is 499 g/mol. The molecule has 0 radical (unpaired) electrons. The molecule has 5 rings (SSSR count). The highest BCUT2D eigenvalue weighted by Gasteiger charge is 2.20. The molecule has 2 aliphatic rings. The standard InChI is InChI=1S/C30H34N4O3/c35-29(22-33-14-2-1-3-15-33)34-16-13-32-30(36)26-6-4-5-23(19-26)20-27-21-25(24-9-11-31-12-10-24)7-8-28(27)37-18-17-34/h4-12,19,21H,1-3,13-18,20,22H2,(H,32,36). The number of ether oxygens (including phenoxy) is 1. The van der Waals surface area contributed by atoms with Gasteiger partial charge >= 0.3 is 0 Å². The van der Waals surface area contributed by atoms with Gasteiger partial charge in [0, 0.05) is 37.5 Å². The highest BCUT2D eigenvalue weighted by Crippen LogP contribution is 2.29. The van der Waals surface area contributed by atoms with Crippen LogP contribution in [0.3, 0.4) is 0 Å². The first kappa shape index (κ1) is 25.0. The third-order valence-electron chi connectivity index (χ3n) is 7.10. The molecular weight excluding hydrogens is 464 g/mol. The lowest BCUT2D eigenvalue weighted by Gasteiger charge is -2.30. The molecule has 0 spiro atoms. The number of piperidine rings is 1. The number of likely N-dealkylation sites (tertiary alicyclic amines) is 1. The fraction of sp³-hybridized carbons (Fsp3) is 0.367. The Bertz CT molecular complexity index is 1220. The zero-order chi connectivity index (χ0) is 25.5. The second-order valence-electron chi connectivity index (χ2n) is 9.76. The van der Waals surface area contributed by atoms with Crippen molar-refractivity contribution in [1.82, 2.24) is 20.1 Å². The predicted octanol–water partition coefficient (Wildman–Crippen LogP) is 3.78. The van der Waals surface area contributed by atoms with Crippen molar-refractivity contribution in [2.45, 2.75) is 25.7 Å². The van der Waals surface area contributed by atoms with Gasteiger partial charge in [0.25, 0.3) is 5.91 Å². The van der Waals surface area contributed by atoms with E-state index in [2.05, 4.69) is 27.3 Å². The van der Waals surface area contributed by atoms with Gasteiger partial charge in [0.1, 0.15) is 12.4 Å². The molecule has 1 saturated heterocycles. The second kappa shape index (κ2) is 12.0. The van der Waals surface area contributed by atoms with Gasteiger partial charge in [-0.3, -0.25) is 19.5 Å². The summed E-state index contributed by atoms with van der Waals surface area (Å²) in [5, 5.41) is 2.99. The number of rotatable bonds is 3. The van der Waals surface area contributed by atoms with Gasteiger partial charge in [0.05, 0.1) is 13.1 Å². The fourth-order valence-corrected chi connectivity index (χ4v) is 5.07. The van der Waals surface area contributed by atoms with E-state index >= 15 is 0 Å². The number of nitrogens with zero attached hydrogens (tertiary/aromatic N) is 3. The van der Waals surface area contributed by atoms with Crippen molar-refractivity contribution in [3.63, 3.8) is 0 Å². The van der Waals surface area contributed by atoms with Gasteiger partial charge in [-0.2, -0.15) is 0 Å². The summed E-state index contributed by atoms with van der Waals surface area (Å²) in [5.41, 5.74) is 4.86. The Morgan fingerprint density at radius 1 is 0.892 bits per heavy atom. The van der Waals surface area contributed by atoms with Gasteiger partial charge in [-0.05, 0) is 84.6 Å². The second-order valence-corrected chi connectivity index (χ2v) is 9.76. The van der Waals surface area contributed by atoms with E-state index in [4.69, 9.17) is 4.74 Å². The van der Waals surface area contributed by atoms with Crippen LogP contribution in [0.2, 0.25) is 0 Å². The van der Waals surface area contributed by atoms with Crippen LogP contribution in [0, 0.1) is 0 Å². The molecule has 7 nitrogen and oxygen atoms in total. The Balaban J connectivity index is 1.40. The molecule has 7 heteroatoms. The molecule has 37 heavy (non-hydrogen) atoms. The molecule has 3 heterocycles. The number of nitrogens with one attached hydrogen (secondary N) is 1. The molecule has 0 atom stereocenters. The van der Waals surface area contributed by atoms with Crippen molar-refractivity contribution in [2.24, 2.45) is 0 Å². The summed E-state index contributed by atoms with van der Waals surface area (Å²) in [7, 11) is 0. The molecule has 1 aromatic heterocycles. The van der Waals surface area contributed by atoms with Crippen LogP contribution in [0.15, 0.2) is 67.0 Å². The molecular formula is C30H34N4O3. The van der Waals surface area contributed by atoms with Crippen LogP contribution >= 0.6 is 0 Å². The number of amides is 2. The Labute approximate surface area is 218 Å². The minimum absolute atomic E-state index is 0.0853. The first-order valence-electron chi connectivity index (χ1n) is 13.2. The van der Waals surface area contributed by atoms with Crippen LogP contribution in [-0.4, -0.2) is 72.5 Å². The zero-order valence-electron chi connectivity index (χ0n) is 21.2. The Kier molecular flexibility index (Phi) is 8.11. The summed E-state index contributed by atoms with van der Waals surface area (Å²) >= 11 is 0. The molecule has 0 aliphatic carbocycles. The number of aromatic nitrogens is 1. The highest BCUT2D eigenvalue weighted by molar-refractivity contribution is 5.94. The predicted molar refractivity (Wildman–Crippen MR) is 144 cm³/mol. The number of benzene rings is 2.